The summed E-state index contributed by atoms with van der Waals surface area (Å²) in [7, 11) is 0. The van der Waals surface area contributed by atoms with E-state index >= 15 is 0 Å². The first-order chi connectivity index (χ1) is 6.62. The predicted molar refractivity (Wildman–Crippen MR) is 55.2 cm³/mol. The number of hydrogen-bond donors (Lipinski definition) is 2. The van der Waals surface area contributed by atoms with Gasteiger partial charge in [-0.15, -0.1) is 0 Å². The first-order valence-corrected chi connectivity index (χ1v) is 5.28. The van der Waals surface area contributed by atoms with Gasteiger partial charge in [0.25, 0.3) is 0 Å². The number of H-pyrrole nitrogens is 1. The average molecular weight is 194 g/mol. The normalized spacial score (nSPS) is 15.9. The maximum Gasteiger partial charge on any atom is 0.0663 e. The van der Waals surface area contributed by atoms with Gasteiger partial charge < -0.3 is 5.11 Å². The molecule has 1 heterocycles. The fraction of sp³-hybridized carbons (Fsp3) is 0.727. The lowest BCUT2D eigenvalue weighted by Gasteiger charge is -2.20. The molecule has 0 aromatic carbocycles. The molecular weight excluding hydrogens is 176 g/mol. The van der Waals surface area contributed by atoms with Gasteiger partial charge >= 0.3 is 0 Å². The smallest absolute Gasteiger partial charge is 0.0663 e. The van der Waals surface area contributed by atoms with E-state index in [0.29, 0.717) is 0 Å². The molecule has 1 aliphatic carbocycles. The van der Waals surface area contributed by atoms with E-state index in [1.165, 1.54) is 17.7 Å². The van der Waals surface area contributed by atoms with Crippen LogP contribution < -0.4 is 0 Å². The van der Waals surface area contributed by atoms with Gasteiger partial charge in [0, 0.05) is 12.3 Å². The minimum Gasteiger partial charge on any atom is -0.396 e. The van der Waals surface area contributed by atoms with E-state index in [1.807, 2.05) is 0 Å². The van der Waals surface area contributed by atoms with Crippen LogP contribution >= 0.6 is 0 Å². The molecule has 2 rings (SSSR count). The Morgan fingerprint density at radius 3 is 2.93 bits per heavy atom. The number of rotatable bonds is 3. The lowest BCUT2D eigenvalue weighted by molar-refractivity contribution is 0.158. The number of nitrogens with one attached hydrogen (secondary N) is 1. The molecule has 0 bridgehead atoms. The molecule has 78 valence electrons. The Balaban J connectivity index is 2.18. The maximum atomic E-state index is 9.20. The van der Waals surface area contributed by atoms with Crippen molar-refractivity contribution in [3.05, 3.63) is 17.0 Å². The Bertz CT molecular complexity index is 328. The molecule has 0 unspecified atom stereocenters. The zero-order valence-electron chi connectivity index (χ0n) is 8.93. The van der Waals surface area contributed by atoms with Crippen LogP contribution in [-0.4, -0.2) is 21.9 Å². The molecule has 1 aromatic rings. The lowest BCUT2D eigenvalue weighted by atomic mass is 9.87. The minimum absolute atomic E-state index is 0.0500. The summed E-state index contributed by atoms with van der Waals surface area (Å²) in [6, 6.07) is 0. The Kier molecular flexibility index (Phi) is 2.35. The molecule has 14 heavy (non-hydrogen) atoms. The van der Waals surface area contributed by atoms with Crippen molar-refractivity contribution < 1.29 is 5.11 Å². The molecule has 0 fully saturated rings. The monoisotopic (exact) mass is 194 g/mol. The van der Waals surface area contributed by atoms with E-state index in [1.54, 1.807) is 0 Å². The van der Waals surface area contributed by atoms with Gasteiger partial charge in [0.05, 0.1) is 5.69 Å². The highest BCUT2D eigenvalue weighted by atomic mass is 16.3. The number of hydrogen-bond acceptors (Lipinski definition) is 2. The first-order valence-electron chi connectivity index (χ1n) is 5.28. The topological polar surface area (TPSA) is 48.9 Å². The van der Waals surface area contributed by atoms with E-state index in [-0.39, 0.29) is 12.0 Å². The standard InChI is InChI=1S/C11H18N2O/c1-11(2,7-14)6-10-8-4-3-5-9(8)12-13-10/h14H,3-7H2,1-2H3,(H,12,13). The number of aryl methyl sites for hydroxylation is 1. The van der Waals surface area contributed by atoms with Gasteiger partial charge in [-0.25, -0.2) is 0 Å². The van der Waals surface area contributed by atoms with Gasteiger partial charge in [-0.3, -0.25) is 5.10 Å². The summed E-state index contributed by atoms with van der Waals surface area (Å²) in [5.41, 5.74) is 3.84. The van der Waals surface area contributed by atoms with Crippen LogP contribution in [0.5, 0.6) is 0 Å². The van der Waals surface area contributed by atoms with Crippen molar-refractivity contribution in [1.82, 2.24) is 10.2 Å². The molecule has 0 atom stereocenters. The van der Waals surface area contributed by atoms with Crippen LogP contribution in [0.2, 0.25) is 0 Å². The average Bonchev–Trinajstić information content (AvgIpc) is 2.70. The zero-order chi connectivity index (χ0) is 10.2. The molecule has 1 aliphatic rings. The molecule has 0 radical (unpaired) electrons. The van der Waals surface area contributed by atoms with Crippen molar-refractivity contribution in [2.24, 2.45) is 5.41 Å². The molecule has 0 saturated carbocycles. The molecule has 2 N–H and O–H groups in total. The van der Waals surface area contributed by atoms with Crippen LogP contribution in [0.3, 0.4) is 0 Å². The van der Waals surface area contributed by atoms with Gasteiger partial charge in [-0.1, -0.05) is 13.8 Å². The third-order valence-electron chi connectivity index (χ3n) is 2.97. The third-order valence-corrected chi connectivity index (χ3v) is 2.97. The Hall–Kier alpha value is -0.830. The molecule has 1 aromatic heterocycles. The number of fused-ring (bicyclic) bond motifs is 1. The summed E-state index contributed by atoms with van der Waals surface area (Å²) < 4.78 is 0. The highest BCUT2D eigenvalue weighted by Gasteiger charge is 2.24. The van der Waals surface area contributed by atoms with E-state index in [4.69, 9.17) is 0 Å². The number of aliphatic hydroxyl groups is 1. The van der Waals surface area contributed by atoms with Gasteiger partial charge in [0.1, 0.15) is 0 Å². The van der Waals surface area contributed by atoms with Crippen molar-refractivity contribution in [2.75, 3.05) is 6.61 Å². The molecule has 3 nitrogen and oxygen atoms in total. The van der Waals surface area contributed by atoms with Gasteiger partial charge in [0.2, 0.25) is 0 Å². The quantitative estimate of drug-likeness (QED) is 0.765. The van der Waals surface area contributed by atoms with Crippen molar-refractivity contribution in [3.8, 4) is 0 Å². The molecule has 0 spiro atoms. The highest BCUT2D eigenvalue weighted by Crippen LogP contribution is 2.28. The summed E-state index contributed by atoms with van der Waals surface area (Å²) in [5.74, 6) is 0. The van der Waals surface area contributed by atoms with E-state index in [0.717, 1.165) is 25.0 Å². The summed E-state index contributed by atoms with van der Waals surface area (Å²) in [6.07, 6.45) is 4.41. The minimum atomic E-state index is -0.0500. The second kappa shape index (κ2) is 3.39. The van der Waals surface area contributed by atoms with E-state index in [9.17, 15) is 5.11 Å². The van der Waals surface area contributed by atoms with Crippen LogP contribution in [0.4, 0.5) is 0 Å². The van der Waals surface area contributed by atoms with Crippen LogP contribution in [0, 0.1) is 5.41 Å². The van der Waals surface area contributed by atoms with Crippen molar-refractivity contribution in [3.63, 3.8) is 0 Å². The summed E-state index contributed by atoms with van der Waals surface area (Å²) in [6.45, 7) is 4.36. The summed E-state index contributed by atoms with van der Waals surface area (Å²) in [4.78, 5) is 0. The van der Waals surface area contributed by atoms with Crippen LogP contribution in [0.15, 0.2) is 0 Å². The Morgan fingerprint density at radius 1 is 1.43 bits per heavy atom. The van der Waals surface area contributed by atoms with Gasteiger partial charge in [0.15, 0.2) is 0 Å². The van der Waals surface area contributed by atoms with Crippen molar-refractivity contribution in [2.45, 2.75) is 39.5 Å². The predicted octanol–water partition coefficient (Wildman–Crippen LogP) is 1.46. The van der Waals surface area contributed by atoms with Gasteiger partial charge in [-0.05, 0) is 36.7 Å². The first kappa shape index (κ1) is 9.71. The highest BCUT2D eigenvalue weighted by molar-refractivity contribution is 5.30. The molecule has 0 amide bonds. The van der Waals surface area contributed by atoms with Crippen molar-refractivity contribution in [1.29, 1.82) is 0 Å². The summed E-state index contributed by atoms with van der Waals surface area (Å²) >= 11 is 0. The fourth-order valence-electron chi connectivity index (χ4n) is 2.04. The molecule has 0 aliphatic heterocycles. The number of aromatic nitrogens is 2. The fourth-order valence-corrected chi connectivity index (χ4v) is 2.04. The lowest BCUT2D eigenvalue weighted by Crippen LogP contribution is -2.20. The number of nitrogens with zero attached hydrogens (tertiary/aromatic N) is 1. The number of aromatic amines is 1. The molecule has 3 heteroatoms. The largest absolute Gasteiger partial charge is 0.396 e. The van der Waals surface area contributed by atoms with E-state index in [2.05, 4.69) is 24.0 Å². The maximum absolute atomic E-state index is 9.20. The third kappa shape index (κ3) is 1.69. The van der Waals surface area contributed by atoms with Crippen LogP contribution in [-0.2, 0) is 19.3 Å². The SMILES string of the molecule is CC(C)(CO)Cc1n[nH]c2c1CCC2. The zero-order valence-corrected chi connectivity index (χ0v) is 8.93. The van der Waals surface area contributed by atoms with Gasteiger partial charge in [-0.2, -0.15) is 5.10 Å². The Morgan fingerprint density at radius 2 is 2.21 bits per heavy atom. The van der Waals surface area contributed by atoms with Crippen molar-refractivity contribution >= 4 is 0 Å². The van der Waals surface area contributed by atoms with Crippen LogP contribution in [0.25, 0.3) is 0 Å². The van der Waals surface area contributed by atoms with E-state index < -0.39 is 0 Å². The number of aliphatic hydroxyl groups excluding tert-OH is 1. The second-order valence-electron chi connectivity index (χ2n) is 4.98. The molecule has 0 saturated heterocycles. The second-order valence-corrected chi connectivity index (χ2v) is 4.98. The molecular formula is C11H18N2O. The van der Waals surface area contributed by atoms with Crippen LogP contribution in [0.1, 0.15) is 37.2 Å². The Labute approximate surface area is 84.5 Å². The summed E-state index contributed by atoms with van der Waals surface area (Å²) in [5, 5.41) is 16.6.